The van der Waals surface area contributed by atoms with E-state index in [9.17, 15) is 0 Å². The Hall–Kier alpha value is -0.200. The second-order valence-corrected chi connectivity index (χ2v) is 4.58. The van der Waals surface area contributed by atoms with Crippen LogP contribution in [0.5, 0.6) is 0 Å². The molecule has 0 aromatic heterocycles. The number of ether oxygens (including phenoxy) is 2. The van der Waals surface area contributed by atoms with Crippen LogP contribution in [0.25, 0.3) is 0 Å². The maximum absolute atomic E-state index is 5.33. The number of hydrogen-bond acceptors (Lipinski definition) is 5. The Morgan fingerprint density at radius 1 is 0.947 bits per heavy atom. The summed E-state index contributed by atoms with van der Waals surface area (Å²) in [5.41, 5.74) is 15.3. The first-order valence-electron chi connectivity index (χ1n) is 7.29. The second-order valence-electron chi connectivity index (χ2n) is 4.58. The summed E-state index contributed by atoms with van der Waals surface area (Å²) in [4.78, 5) is 0. The third kappa shape index (κ3) is 38.1. The summed E-state index contributed by atoms with van der Waals surface area (Å²) in [7, 11) is 0. The average molecular weight is 279 g/mol. The van der Waals surface area contributed by atoms with Crippen molar-refractivity contribution < 1.29 is 9.47 Å². The minimum absolute atomic E-state index is 0.215. The van der Waals surface area contributed by atoms with Gasteiger partial charge in [0.15, 0.2) is 0 Å². The Morgan fingerprint density at radius 3 is 1.79 bits per heavy atom. The van der Waals surface area contributed by atoms with Gasteiger partial charge in [-0.25, -0.2) is 0 Å². The van der Waals surface area contributed by atoms with E-state index in [1.54, 1.807) is 0 Å². The predicted molar refractivity (Wildman–Crippen MR) is 84.2 cm³/mol. The summed E-state index contributed by atoms with van der Waals surface area (Å²) in [5, 5.41) is 0. The maximum atomic E-state index is 5.33. The summed E-state index contributed by atoms with van der Waals surface area (Å²) in [6, 6.07) is 0. The molecule has 1 unspecified atom stereocenters. The van der Waals surface area contributed by atoms with Gasteiger partial charge in [-0.05, 0) is 25.8 Å². The lowest BCUT2D eigenvalue weighted by Crippen LogP contribution is -2.21. The van der Waals surface area contributed by atoms with Gasteiger partial charge in [-0.1, -0.05) is 27.7 Å². The molecular weight excluding hydrogens is 242 g/mol. The van der Waals surface area contributed by atoms with E-state index in [1.165, 1.54) is 0 Å². The molecule has 0 heterocycles. The molecule has 0 spiro atoms. The highest BCUT2D eigenvalue weighted by Gasteiger charge is 1.99. The molecule has 120 valence electrons. The molecule has 0 aliphatic carbocycles. The topological polar surface area (TPSA) is 96.5 Å². The summed E-state index contributed by atoms with van der Waals surface area (Å²) < 4.78 is 10.3. The molecule has 0 fully saturated rings. The van der Waals surface area contributed by atoms with Gasteiger partial charge in [-0.2, -0.15) is 0 Å². The fourth-order valence-electron chi connectivity index (χ4n) is 0.754. The molecule has 0 radical (unpaired) electrons. The highest BCUT2D eigenvalue weighted by molar-refractivity contribution is 4.49. The fraction of sp³-hybridized carbons (Fsp3) is 1.00. The maximum Gasteiger partial charge on any atom is 0.0669 e. The molecule has 0 aromatic rings. The first-order valence-corrected chi connectivity index (χ1v) is 7.29. The highest BCUT2D eigenvalue weighted by atomic mass is 16.5. The normalized spacial score (nSPS) is 11.2. The Balaban J connectivity index is -0.000000228. The largest absolute Gasteiger partial charge is 0.380 e. The van der Waals surface area contributed by atoms with Gasteiger partial charge in [-0.15, -0.1) is 0 Å². The van der Waals surface area contributed by atoms with Crippen molar-refractivity contribution in [1.29, 1.82) is 0 Å². The fourth-order valence-corrected chi connectivity index (χ4v) is 0.754. The van der Waals surface area contributed by atoms with Crippen molar-refractivity contribution in [2.24, 2.45) is 23.1 Å². The van der Waals surface area contributed by atoms with Gasteiger partial charge in [0.25, 0.3) is 0 Å². The van der Waals surface area contributed by atoms with Gasteiger partial charge >= 0.3 is 0 Å². The van der Waals surface area contributed by atoms with Gasteiger partial charge in [-0.3, -0.25) is 0 Å². The molecule has 0 saturated heterocycles. The zero-order valence-corrected chi connectivity index (χ0v) is 13.7. The smallest absolute Gasteiger partial charge is 0.0669 e. The number of nitrogens with two attached hydrogens (primary N) is 3. The molecule has 0 aliphatic heterocycles. The first kappa shape index (κ1) is 23.9. The van der Waals surface area contributed by atoms with E-state index in [-0.39, 0.29) is 6.10 Å². The lowest BCUT2D eigenvalue weighted by molar-refractivity contribution is 0.0531. The minimum Gasteiger partial charge on any atom is -0.380 e. The van der Waals surface area contributed by atoms with E-state index in [4.69, 9.17) is 26.7 Å². The molecule has 0 bridgehead atoms. The Morgan fingerprint density at radius 2 is 1.47 bits per heavy atom. The van der Waals surface area contributed by atoms with Crippen LogP contribution in [0.1, 0.15) is 41.0 Å². The Labute approximate surface area is 120 Å². The first-order chi connectivity index (χ1) is 8.99. The third-order valence-electron chi connectivity index (χ3n) is 1.66. The van der Waals surface area contributed by atoms with Crippen molar-refractivity contribution in [3.63, 3.8) is 0 Å². The number of rotatable bonds is 8. The Bertz CT molecular complexity index is 132. The van der Waals surface area contributed by atoms with Crippen molar-refractivity contribution in [2.75, 3.05) is 39.5 Å². The number of hydrogen-bond donors (Lipinski definition) is 3. The van der Waals surface area contributed by atoms with Crippen LogP contribution in [-0.2, 0) is 9.47 Å². The van der Waals surface area contributed by atoms with E-state index >= 15 is 0 Å². The van der Waals surface area contributed by atoms with Gasteiger partial charge in [0.05, 0.1) is 12.7 Å². The van der Waals surface area contributed by atoms with E-state index in [2.05, 4.69) is 20.8 Å². The van der Waals surface area contributed by atoms with Gasteiger partial charge in [0, 0.05) is 26.3 Å². The lowest BCUT2D eigenvalue weighted by atomic mass is 10.2. The van der Waals surface area contributed by atoms with Gasteiger partial charge in [0.1, 0.15) is 0 Å². The molecule has 0 aliphatic rings. The molecule has 0 saturated carbocycles. The van der Waals surface area contributed by atoms with Crippen LogP contribution in [0, 0.1) is 5.92 Å². The summed E-state index contributed by atoms with van der Waals surface area (Å²) >= 11 is 0. The average Bonchev–Trinajstić information content (AvgIpc) is 2.38. The summed E-state index contributed by atoms with van der Waals surface area (Å²) in [6.07, 6.45) is 1.30. The van der Waals surface area contributed by atoms with Crippen LogP contribution in [0.4, 0.5) is 0 Å². The SMILES string of the molecule is CC(C)COC(C)CN.CCCOCCN.CCN. The zero-order chi connectivity index (χ0) is 15.5. The predicted octanol–water partition coefficient (Wildman–Crippen LogP) is 1.34. The molecule has 5 nitrogen and oxygen atoms in total. The van der Waals surface area contributed by atoms with Crippen LogP contribution >= 0.6 is 0 Å². The van der Waals surface area contributed by atoms with Crippen LogP contribution in [0.2, 0.25) is 0 Å². The molecule has 0 aromatic carbocycles. The van der Waals surface area contributed by atoms with Crippen LogP contribution in [0.15, 0.2) is 0 Å². The monoisotopic (exact) mass is 279 g/mol. The van der Waals surface area contributed by atoms with E-state index in [0.717, 1.165) is 26.2 Å². The molecule has 1 atom stereocenters. The third-order valence-corrected chi connectivity index (χ3v) is 1.66. The van der Waals surface area contributed by atoms with E-state index < -0.39 is 0 Å². The molecule has 0 amide bonds. The van der Waals surface area contributed by atoms with Gasteiger partial charge in [0.2, 0.25) is 0 Å². The lowest BCUT2D eigenvalue weighted by Gasteiger charge is -2.11. The Kier molecular flexibility index (Phi) is 28.8. The van der Waals surface area contributed by atoms with Crippen molar-refractivity contribution in [1.82, 2.24) is 0 Å². The highest BCUT2D eigenvalue weighted by Crippen LogP contribution is 1.95. The van der Waals surface area contributed by atoms with Crippen LogP contribution in [-0.4, -0.2) is 45.6 Å². The van der Waals surface area contributed by atoms with Gasteiger partial charge < -0.3 is 26.7 Å². The molecule has 19 heavy (non-hydrogen) atoms. The molecule has 5 heteroatoms. The van der Waals surface area contributed by atoms with E-state index in [0.29, 0.717) is 25.6 Å². The minimum atomic E-state index is 0.215. The standard InChI is InChI=1S/C7H17NO.C5H13NO.C2H7N/c1-6(2)5-9-7(3)4-8;1-2-4-7-5-3-6;1-2-3/h6-7H,4-5,8H2,1-3H3;2-6H2,1H3;2-3H2,1H3. The summed E-state index contributed by atoms with van der Waals surface area (Å²) in [6.45, 7) is 14.6. The van der Waals surface area contributed by atoms with Crippen LogP contribution in [0.3, 0.4) is 0 Å². The van der Waals surface area contributed by atoms with Crippen molar-refractivity contribution >= 4 is 0 Å². The van der Waals surface area contributed by atoms with E-state index in [1.807, 2.05) is 13.8 Å². The van der Waals surface area contributed by atoms with Crippen molar-refractivity contribution in [2.45, 2.75) is 47.1 Å². The van der Waals surface area contributed by atoms with Crippen molar-refractivity contribution in [3.05, 3.63) is 0 Å². The quantitative estimate of drug-likeness (QED) is 0.583. The second kappa shape index (κ2) is 22.9. The molecule has 6 N–H and O–H groups in total. The van der Waals surface area contributed by atoms with Crippen LogP contribution < -0.4 is 17.2 Å². The van der Waals surface area contributed by atoms with Crippen molar-refractivity contribution in [3.8, 4) is 0 Å². The molecular formula is C14H37N3O2. The zero-order valence-electron chi connectivity index (χ0n) is 13.7. The summed E-state index contributed by atoms with van der Waals surface area (Å²) in [5.74, 6) is 0.610. The molecule has 0 rings (SSSR count).